The van der Waals surface area contributed by atoms with Crippen LogP contribution in [-0.4, -0.2) is 38.4 Å². The number of piperidine rings is 1. The standard InChI is InChI=1S/C28H35N3O2/c1-17(32)26-27(33)31(22-10-5-4-9-21(22)29-26)25-16-24-28(25)12-6-11-23(28)30(24)20-14-18-7-2-3-8-19(13-18)15-20/h4-5,9-10,18-20,23-25H,2-3,6-8,11-16H2,1H3/t18?,19?,20?,23-,24-,25-,28?/m1/s1. The van der Waals surface area contributed by atoms with Gasteiger partial charge in [-0.1, -0.05) is 44.2 Å². The van der Waals surface area contributed by atoms with E-state index >= 15 is 0 Å². The predicted molar refractivity (Wildman–Crippen MR) is 128 cm³/mol. The first-order valence-electron chi connectivity index (χ1n) is 13.4. The lowest BCUT2D eigenvalue weighted by Crippen LogP contribution is -2.81. The summed E-state index contributed by atoms with van der Waals surface area (Å²) in [4.78, 5) is 33.2. The van der Waals surface area contributed by atoms with Crippen LogP contribution in [0, 0.1) is 17.3 Å². The first-order chi connectivity index (χ1) is 16.1. The molecule has 2 bridgehead atoms. The number of nitrogens with zero attached hydrogens (tertiary/aromatic N) is 3. The molecule has 2 heterocycles. The van der Waals surface area contributed by atoms with E-state index in [9.17, 15) is 9.59 Å². The van der Waals surface area contributed by atoms with Gasteiger partial charge in [0.1, 0.15) is 0 Å². The fourth-order valence-electron chi connectivity index (χ4n) is 9.15. The maximum atomic E-state index is 13.5. The van der Waals surface area contributed by atoms with Crippen molar-refractivity contribution in [1.29, 1.82) is 0 Å². The second kappa shape index (κ2) is 7.24. The van der Waals surface area contributed by atoms with Crippen molar-refractivity contribution in [2.24, 2.45) is 17.3 Å². The molecule has 1 aliphatic heterocycles. The molecule has 0 N–H and O–H groups in total. The van der Waals surface area contributed by atoms with Gasteiger partial charge in [0.15, 0.2) is 11.5 Å². The minimum Gasteiger partial charge on any atom is -0.301 e. The third-order valence-electron chi connectivity index (χ3n) is 10.3. The maximum Gasteiger partial charge on any atom is 0.280 e. The molecule has 174 valence electrons. The minimum atomic E-state index is -0.226. The van der Waals surface area contributed by atoms with Crippen LogP contribution in [0.4, 0.5) is 0 Å². The Morgan fingerprint density at radius 3 is 2.45 bits per heavy atom. The van der Waals surface area contributed by atoms with Gasteiger partial charge in [-0.3, -0.25) is 14.5 Å². The van der Waals surface area contributed by atoms with Crippen molar-refractivity contribution in [2.75, 3.05) is 0 Å². The van der Waals surface area contributed by atoms with Gasteiger partial charge in [0.25, 0.3) is 5.56 Å². The molecule has 1 aromatic heterocycles. The number of benzene rings is 1. The van der Waals surface area contributed by atoms with Crippen molar-refractivity contribution in [3.05, 3.63) is 40.3 Å². The molecule has 5 fully saturated rings. The third-order valence-corrected chi connectivity index (χ3v) is 10.3. The number of carbonyl (C=O) groups excluding carboxylic acids is 1. The number of Topliss-reactive ketones (excluding diaryl/α,β-unsaturated/α-hetero) is 1. The normalized spacial score (nSPS) is 39.8. The monoisotopic (exact) mass is 445 g/mol. The fraction of sp³-hybridized carbons (Fsp3) is 0.679. The van der Waals surface area contributed by atoms with Crippen molar-refractivity contribution in [3.8, 4) is 0 Å². The molecule has 2 aromatic rings. The SMILES string of the molecule is CC(=O)c1nc2ccccc2n([C@@H]2C[C@H]3N(C4CC5CCCCC(C5)C4)[C@@H]4CCCC432)c1=O. The van der Waals surface area contributed by atoms with Crippen LogP contribution in [0.3, 0.4) is 0 Å². The van der Waals surface area contributed by atoms with Crippen molar-refractivity contribution in [3.63, 3.8) is 0 Å². The second-order valence-corrected chi connectivity index (χ2v) is 11.8. The van der Waals surface area contributed by atoms with Crippen LogP contribution in [0.15, 0.2) is 29.1 Å². The number of ketones is 1. The Bertz CT molecular complexity index is 1170. The summed E-state index contributed by atoms with van der Waals surface area (Å²) in [5.41, 5.74) is 1.83. The lowest BCUT2D eigenvalue weighted by atomic mass is 9.49. The van der Waals surface area contributed by atoms with Gasteiger partial charge in [0.2, 0.25) is 0 Å². The molecular weight excluding hydrogens is 410 g/mol. The molecule has 1 spiro atoms. The number of aromatic nitrogens is 2. The maximum absolute atomic E-state index is 13.5. The topological polar surface area (TPSA) is 55.2 Å². The van der Waals surface area contributed by atoms with Crippen LogP contribution in [0.5, 0.6) is 0 Å². The van der Waals surface area contributed by atoms with Crippen molar-refractivity contribution < 1.29 is 4.79 Å². The molecule has 1 aromatic carbocycles. The first kappa shape index (κ1) is 20.4. The van der Waals surface area contributed by atoms with E-state index in [0.29, 0.717) is 12.1 Å². The Morgan fingerprint density at radius 2 is 1.70 bits per heavy atom. The minimum absolute atomic E-state index is 0.107. The molecule has 6 atom stereocenters. The Hall–Kier alpha value is -2.01. The van der Waals surface area contributed by atoms with E-state index in [1.54, 1.807) is 0 Å². The number of carbonyl (C=O) groups is 1. The smallest absolute Gasteiger partial charge is 0.280 e. The summed E-state index contributed by atoms with van der Waals surface area (Å²) in [6, 6.07) is 10.1. The summed E-state index contributed by atoms with van der Waals surface area (Å²) >= 11 is 0. The van der Waals surface area contributed by atoms with E-state index in [1.807, 2.05) is 28.8 Å². The zero-order chi connectivity index (χ0) is 22.3. The van der Waals surface area contributed by atoms with Crippen molar-refractivity contribution in [2.45, 2.75) is 102 Å². The highest BCUT2D eigenvalue weighted by molar-refractivity contribution is 5.93. The Labute approximate surface area is 195 Å². The average Bonchev–Trinajstić information content (AvgIpc) is 3.15. The third kappa shape index (κ3) is 2.72. The van der Waals surface area contributed by atoms with E-state index in [2.05, 4.69) is 9.88 Å². The molecule has 7 rings (SSSR count). The van der Waals surface area contributed by atoms with Gasteiger partial charge in [-0.05, 0) is 62.5 Å². The summed E-state index contributed by atoms with van der Waals surface area (Å²) in [6.45, 7) is 1.47. The molecule has 5 nitrogen and oxygen atoms in total. The summed E-state index contributed by atoms with van der Waals surface area (Å²) in [5.74, 6) is 1.65. The molecular formula is C28H35N3O2. The quantitative estimate of drug-likeness (QED) is 0.615. The second-order valence-electron chi connectivity index (χ2n) is 11.8. The molecule has 1 saturated heterocycles. The van der Waals surface area contributed by atoms with Crippen LogP contribution >= 0.6 is 0 Å². The van der Waals surface area contributed by atoms with Gasteiger partial charge in [0, 0.05) is 36.5 Å². The van der Waals surface area contributed by atoms with E-state index in [-0.39, 0.29) is 28.5 Å². The molecule has 4 saturated carbocycles. The van der Waals surface area contributed by atoms with Gasteiger partial charge < -0.3 is 4.57 Å². The van der Waals surface area contributed by atoms with Crippen LogP contribution in [-0.2, 0) is 0 Å². The van der Waals surface area contributed by atoms with Crippen LogP contribution in [0.2, 0.25) is 0 Å². The van der Waals surface area contributed by atoms with E-state index in [0.717, 1.165) is 35.3 Å². The molecule has 5 heteroatoms. The van der Waals surface area contributed by atoms with Crippen LogP contribution in [0.25, 0.3) is 11.0 Å². The molecule has 3 unspecified atom stereocenters. The molecule has 33 heavy (non-hydrogen) atoms. The fourth-order valence-corrected chi connectivity index (χ4v) is 9.15. The van der Waals surface area contributed by atoms with Gasteiger partial charge >= 0.3 is 0 Å². The zero-order valence-corrected chi connectivity index (χ0v) is 19.7. The molecule has 0 amide bonds. The van der Waals surface area contributed by atoms with Crippen LogP contribution < -0.4 is 5.56 Å². The highest BCUT2D eigenvalue weighted by Gasteiger charge is 2.74. The molecule has 5 aliphatic rings. The van der Waals surface area contributed by atoms with Crippen molar-refractivity contribution >= 4 is 16.8 Å². The highest BCUT2D eigenvalue weighted by Crippen LogP contribution is 2.71. The molecule has 0 radical (unpaired) electrons. The lowest BCUT2D eigenvalue weighted by Gasteiger charge is -2.74. The predicted octanol–water partition coefficient (Wildman–Crippen LogP) is 5.13. The summed E-state index contributed by atoms with van der Waals surface area (Å²) in [7, 11) is 0. The summed E-state index contributed by atoms with van der Waals surface area (Å²) in [6.07, 6.45) is 14.8. The average molecular weight is 446 g/mol. The number of hydrogen-bond donors (Lipinski definition) is 0. The van der Waals surface area contributed by atoms with Crippen LogP contribution in [0.1, 0.15) is 94.1 Å². The largest absolute Gasteiger partial charge is 0.301 e. The van der Waals surface area contributed by atoms with Gasteiger partial charge in [0.05, 0.1) is 11.0 Å². The van der Waals surface area contributed by atoms with Gasteiger partial charge in [-0.2, -0.15) is 0 Å². The first-order valence-corrected chi connectivity index (χ1v) is 13.4. The van der Waals surface area contributed by atoms with Gasteiger partial charge in [-0.15, -0.1) is 0 Å². The zero-order valence-electron chi connectivity index (χ0n) is 19.7. The lowest BCUT2D eigenvalue weighted by molar-refractivity contribution is -0.245. The van der Waals surface area contributed by atoms with Crippen molar-refractivity contribution in [1.82, 2.24) is 14.5 Å². The highest BCUT2D eigenvalue weighted by atomic mass is 16.1. The number of para-hydroxylation sites is 2. The Kier molecular flexibility index (Phi) is 4.47. The molecule has 4 aliphatic carbocycles. The van der Waals surface area contributed by atoms with Gasteiger partial charge in [-0.25, -0.2) is 4.98 Å². The van der Waals surface area contributed by atoms with E-state index < -0.39 is 0 Å². The number of fused-ring (bicyclic) bond motifs is 3. The summed E-state index contributed by atoms with van der Waals surface area (Å²) in [5, 5.41) is 0. The van der Waals surface area contributed by atoms with E-state index in [1.165, 1.54) is 71.1 Å². The number of hydrogen-bond acceptors (Lipinski definition) is 4. The van der Waals surface area contributed by atoms with E-state index in [4.69, 9.17) is 0 Å². The summed E-state index contributed by atoms with van der Waals surface area (Å²) < 4.78 is 1.99. The Morgan fingerprint density at radius 1 is 0.939 bits per heavy atom. The Balaban J connectivity index is 1.25. The number of likely N-dealkylation sites (tertiary alicyclic amines) is 1. The number of rotatable bonds is 3.